The number of fused-ring (bicyclic) bond motifs is 1. The van der Waals surface area contributed by atoms with Crippen LogP contribution in [0.15, 0.2) is 77.0 Å². The molecule has 0 saturated carbocycles. The molecular weight excluding hydrogens is 490 g/mol. The van der Waals surface area contributed by atoms with Gasteiger partial charge in [0.05, 0.1) is 4.47 Å². The van der Waals surface area contributed by atoms with E-state index in [1.165, 1.54) is 24.3 Å². The minimum absolute atomic E-state index is 0.138. The van der Waals surface area contributed by atoms with E-state index in [4.69, 9.17) is 0 Å². The Morgan fingerprint density at radius 3 is 2.06 bits per heavy atom. The number of likely N-dealkylation sites (tertiary alicyclic amines) is 1. The van der Waals surface area contributed by atoms with Gasteiger partial charge in [-0.3, -0.25) is 4.79 Å². The standard InChI is InChI=1S/C25H19BrF2N4O/c26-19-14-29-23-13-22(30-32(23)15-19)25(33)31-11-9-18(10-12-31)24(16-1-5-20(27)6-2-16)17-3-7-21(28)8-4-17/h1-8,13-15H,9-12H2. The highest BCUT2D eigenvalue weighted by Gasteiger charge is 2.25. The van der Waals surface area contributed by atoms with E-state index < -0.39 is 0 Å². The van der Waals surface area contributed by atoms with Gasteiger partial charge in [-0.25, -0.2) is 18.3 Å². The highest BCUT2D eigenvalue weighted by atomic mass is 79.9. The lowest BCUT2D eigenvalue weighted by molar-refractivity contribution is 0.0737. The van der Waals surface area contributed by atoms with Crippen LogP contribution in [-0.4, -0.2) is 38.5 Å². The molecule has 1 fully saturated rings. The van der Waals surface area contributed by atoms with Crippen molar-refractivity contribution < 1.29 is 13.6 Å². The lowest BCUT2D eigenvalue weighted by Gasteiger charge is -2.30. The molecule has 3 heterocycles. The first kappa shape index (κ1) is 21.5. The predicted molar refractivity (Wildman–Crippen MR) is 125 cm³/mol. The number of aromatic nitrogens is 3. The normalized spacial score (nSPS) is 14.0. The zero-order chi connectivity index (χ0) is 22.9. The number of piperidine rings is 1. The van der Waals surface area contributed by atoms with E-state index in [0.29, 0.717) is 37.3 Å². The monoisotopic (exact) mass is 508 g/mol. The molecule has 1 saturated heterocycles. The molecule has 0 aliphatic carbocycles. The predicted octanol–water partition coefficient (Wildman–Crippen LogP) is 5.51. The largest absolute Gasteiger partial charge is 0.337 e. The number of carbonyl (C=O) groups is 1. The summed E-state index contributed by atoms with van der Waals surface area (Å²) in [6.07, 6.45) is 4.74. The SMILES string of the molecule is O=C(c1cc2ncc(Br)cn2n1)N1CCC(=C(c2ccc(F)cc2)c2ccc(F)cc2)CC1. The van der Waals surface area contributed by atoms with Crippen LogP contribution in [0.5, 0.6) is 0 Å². The van der Waals surface area contributed by atoms with Crippen molar-refractivity contribution >= 4 is 33.1 Å². The van der Waals surface area contributed by atoms with Gasteiger partial charge >= 0.3 is 0 Å². The van der Waals surface area contributed by atoms with Crippen molar-refractivity contribution in [3.8, 4) is 0 Å². The highest BCUT2D eigenvalue weighted by molar-refractivity contribution is 9.10. The van der Waals surface area contributed by atoms with Crippen LogP contribution in [0.25, 0.3) is 11.2 Å². The van der Waals surface area contributed by atoms with E-state index in [9.17, 15) is 13.6 Å². The summed E-state index contributed by atoms with van der Waals surface area (Å²) in [5.41, 5.74) is 4.81. The molecular formula is C25H19BrF2N4O. The van der Waals surface area contributed by atoms with E-state index in [1.807, 2.05) is 0 Å². The van der Waals surface area contributed by atoms with Gasteiger partial charge in [-0.05, 0) is 69.7 Å². The third-order valence-electron chi connectivity index (χ3n) is 5.77. The van der Waals surface area contributed by atoms with Crippen molar-refractivity contribution in [2.75, 3.05) is 13.1 Å². The zero-order valence-electron chi connectivity index (χ0n) is 17.5. The van der Waals surface area contributed by atoms with Crippen LogP contribution >= 0.6 is 15.9 Å². The molecule has 8 heteroatoms. The second kappa shape index (κ2) is 8.86. The van der Waals surface area contributed by atoms with E-state index in [0.717, 1.165) is 26.7 Å². The third-order valence-corrected chi connectivity index (χ3v) is 6.18. The fourth-order valence-corrected chi connectivity index (χ4v) is 4.45. The zero-order valence-corrected chi connectivity index (χ0v) is 19.1. The number of amides is 1. The lowest BCUT2D eigenvalue weighted by Crippen LogP contribution is -2.36. The molecule has 0 bridgehead atoms. The maximum atomic E-state index is 13.5. The summed E-state index contributed by atoms with van der Waals surface area (Å²) >= 11 is 3.36. The van der Waals surface area contributed by atoms with Gasteiger partial charge in [0.15, 0.2) is 11.3 Å². The van der Waals surface area contributed by atoms with Crippen LogP contribution in [0.4, 0.5) is 8.78 Å². The first-order valence-electron chi connectivity index (χ1n) is 10.5. The summed E-state index contributed by atoms with van der Waals surface area (Å²) in [6.45, 7) is 1.07. The fraction of sp³-hybridized carbons (Fsp3) is 0.160. The summed E-state index contributed by atoms with van der Waals surface area (Å²) in [7, 11) is 0. The van der Waals surface area contributed by atoms with Crippen molar-refractivity contribution in [3.05, 3.63) is 105 Å². The van der Waals surface area contributed by atoms with Gasteiger partial charge in [-0.1, -0.05) is 29.8 Å². The van der Waals surface area contributed by atoms with Crippen molar-refractivity contribution in [3.63, 3.8) is 0 Å². The van der Waals surface area contributed by atoms with Gasteiger partial charge in [-0.2, -0.15) is 5.10 Å². The van der Waals surface area contributed by atoms with Gasteiger partial charge in [-0.15, -0.1) is 0 Å². The number of nitrogens with zero attached hydrogens (tertiary/aromatic N) is 4. The van der Waals surface area contributed by atoms with Crippen LogP contribution < -0.4 is 0 Å². The second-order valence-electron chi connectivity index (χ2n) is 7.89. The topological polar surface area (TPSA) is 50.5 Å². The average molecular weight is 509 g/mol. The molecule has 0 atom stereocenters. The molecule has 5 rings (SSSR count). The summed E-state index contributed by atoms with van der Waals surface area (Å²) in [6, 6.07) is 14.3. The Bertz CT molecular complexity index is 1310. The Morgan fingerprint density at radius 2 is 1.48 bits per heavy atom. The summed E-state index contributed by atoms with van der Waals surface area (Å²) < 4.78 is 29.4. The molecule has 5 nitrogen and oxygen atoms in total. The van der Waals surface area contributed by atoms with Gasteiger partial charge in [0, 0.05) is 31.5 Å². The van der Waals surface area contributed by atoms with Crippen molar-refractivity contribution in [2.24, 2.45) is 0 Å². The number of halogens is 3. The van der Waals surface area contributed by atoms with Gasteiger partial charge < -0.3 is 4.90 Å². The summed E-state index contributed by atoms with van der Waals surface area (Å²) in [5, 5.41) is 4.36. The Kier molecular flexibility index (Phi) is 5.76. The molecule has 166 valence electrons. The van der Waals surface area contributed by atoms with Crippen LogP contribution in [0.3, 0.4) is 0 Å². The van der Waals surface area contributed by atoms with E-state index in [1.54, 1.807) is 52.1 Å². The Labute approximate surface area is 197 Å². The van der Waals surface area contributed by atoms with Crippen LogP contribution in [0.1, 0.15) is 34.5 Å². The van der Waals surface area contributed by atoms with E-state index in [2.05, 4.69) is 26.0 Å². The highest BCUT2D eigenvalue weighted by Crippen LogP contribution is 2.33. The molecule has 2 aromatic heterocycles. The second-order valence-corrected chi connectivity index (χ2v) is 8.80. The molecule has 0 spiro atoms. The van der Waals surface area contributed by atoms with Gasteiger partial charge in [0.2, 0.25) is 0 Å². The minimum Gasteiger partial charge on any atom is -0.337 e. The maximum absolute atomic E-state index is 13.5. The van der Waals surface area contributed by atoms with Gasteiger partial charge in [0.1, 0.15) is 11.6 Å². The number of carbonyl (C=O) groups excluding carboxylic acids is 1. The lowest BCUT2D eigenvalue weighted by atomic mass is 9.88. The van der Waals surface area contributed by atoms with Crippen LogP contribution in [-0.2, 0) is 0 Å². The molecule has 0 radical (unpaired) electrons. The molecule has 0 unspecified atom stereocenters. The fourth-order valence-electron chi connectivity index (χ4n) is 4.16. The van der Waals surface area contributed by atoms with Crippen LogP contribution in [0.2, 0.25) is 0 Å². The number of benzene rings is 2. The molecule has 1 aliphatic heterocycles. The van der Waals surface area contributed by atoms with E-state index in [-0.39, 0.29) is 17.5 Å². The first-order chi connectivity index (χ1) is 16.0. The summed E-state index contributed by atoms with van der Waals surface area (Å²) in [4.78, 5) is 19.1. The minimum atomic E-state index is -0.309. The number of hydrogen-bond acceptors (Lipinski definition) is 3. The van der Waals surface area contributed by atoms with Crippen LogP contribution in [0, 0.1) is 11.6 Å². The molecule has 2 aromatic carbocycles. The molecule has 33 heavy (non-hydrogen) atoms. The average Bonchev–Trinajstić information content (AvgIpc) is 3.25. The molecule has 0 N–H and O–H groups in total. The Balaban J connectivity index is 1.42. The van der Waals surface area contributed by atoms with Crippen molar-refractivity contribution in [1.29, 1.82) is 0 Å². The molecule has 1 amide bonds. The summed E-state index contributed by atoms with van der Waals surface area (Å²) in [5.74, 6) is -0.756. The maximum Gasteiger partial charge on any atom is 0.274 e. The van der Waals surface area contributed by atoms with Crippen molar-refractivity contribution in [1.82, 2.24) is 19.5 Å². The molecule has 4 aromatic rings. The number of hydrogen-bond donors (Lipinski definition) is 0. The molecule has 1 aliphatic rings. The van der Waals surface area contributed by atoms with E-state index >= 15 is 0 Å². The number of rotatable bonds is 3. The Hall–Kier alpha value is -3.39. The van der Waals surface area contributed by atoms with Crippen molar-refractivity contribution in [2.45, 2.75) is 12.8 Å². The third kappa shape index (κ3) is 4.43. The Morgan fingerprint density at radius 1 is 0.909 bits per heavy atom. The van der Waals surface area contributed by atoms with Gasteiger partial charge in [0.25, 0.3) is 5.91 Å². The first-order valence-corrected chi connectivity index (χ1v) is 11.3. The quantitative estimate of drug-likeness (QED) is 0.366. The smallest absolute Gasteiger partial charge is 0.274 e.